The van der Waals surface area contributed by atoms with E-state index in [-0.39, 0.29) is 25.3 Å². The van der Waals surface area contributed by atoms with E-state index in [4.69, 9.17) is 14.3 Å². The minimum atomic E-state index is -5.33. The molecule has 1 aliphatic heterocycles. The molecule has 0 spiro atoms. The molecule has 1 unspecified atom stereocenters. The van der Waals surface area contributed by atoms with E-state index in [1.165, 1.54) is 0 Å². The van der Waals surface area contributed by atoms with Crippen LogP contribution in [0.3, 0.4) is 0 Å². The van der Waals surface area contributed by atoms with E-state index >= 15 is 0 Å². The van der Waals surface area contributed by atoms with Crippen LogP contribution in [0.1, 0.15) is 48.3 Å². The Labute approximate surface area is 202 Å². The number of ether oxygens (including phenoxy) is 1. The summed E-state index contributed by atoms with van der Waals surface area (Å²) in [5.74, 6) is -2.65. The number of aliphatic hydroxyl groups excluding tert-OH is 1. The van der Waals surface area contributed by atoms with Crippen LogP contribution in [0.25, 0.3) is 0 Å². The molecular formula is C21H30N3O8S-. The van der Waals surface area contributed by atoms with Gasteiger partial charge in [0.25, 0.3) is 0 Å². The fourth-order valence-electron chi connectivity index (χ4n) is 3.18. The van der Waals surface area contributed by atoms with Crippen molar-refractivity contribution in [1.29, 1.82) is 0 Å². The standard InChI is InChI=1S/C21H31N3O8S/c1-13(2)10-16(24-21(28)32-12-14-6-4-3-5-7-14)19(26)23-17(20(27)33(29,30)31)11-15-8-9-22-18(15)25/h3-7,13,15-17,20,27H,8-12H2,1-2H3,(H,22,25)(H,23,26)(H,24,28)(H,29,30,31)/p-1/t15-,16-,17-,20?/m0/s1/i3D,4D,5D,6D,7D,12D2. The van der Waals surface area contributed by atoms with Crippen LogP contribution in [-0.4, -0.2) is 60.0 Å². The smallest absolute Gasteiger partial charge is 0.408 e. The lowest BCUT2D eigenvalue weighted by atomic mass is 9.97. The Morgan fingerprint density at radius 2 is 2.00 bits per heavy atom. The fraction of sp³-hybridized carbons (Fsp3) is 0.571. The van der Waals surface area contributed by atoms with Gasteiger partial charge in [-0.25, -0.2) is 13.2 Å². The average molecular weight is 492 g/mol. The molecule has 1 heterocycles. The van der Waals surface area contributed by atoms with Crippen LogP contribution >= 0.6 is 0 Å². The van der Waals surface area contributed by atoms with Crippen LogP contribution in [0, 0.1) is 11.8 Å². The molecule has 0 aromatic heterocycles. The average Bonchev–Trinajstić information content (AvgIpc) is 3.22. The van der Waals surface area contributed by atoms with Crippen molar-refractivity contribution >= 4 is 28.0 Å². The molecule has 0 aliphatic carbocycles. The predicted octanol–water partition coefficient (Wildman–Crippen LogP) is 0.202. The van der Waals surface area contributed by atoms with Crippen LogP contribution in [0.2, 0.25) is 0 Å². The Morgan fingerprint density at radius 1 is 1.33 bits per heavy atom. The van der Waals surface area contributed by atoms with Gasteiger partial charge in [0, 0.05) is 12.5 Å². The highest BCUT2D eigenvalue weighted by Crippen LogP contribution is 2.20. The summed E-state index contributed by atoms with van der Waals surface area (Å²) in [6, 6.07) is -7.68. The molecule has 2 rings (SSSR count). The molecule has 1 aromatic rings. The summed E-state index contributed by atoms with van der Waals surface area (Å²) in [5, 5.41) is 16.9. The molecule has 33 heavy (non-hydrogen) atoms. The molecule has 11 nitrogen and oxygen atoms in total. The normalized spacial score (nSPS) is 22.3. The number of carbonyl (C=O) groups is 3. The second kappa shape index (κ2) is 12.0. The van der Waals surface area contributed by atoms with E-state index in [0.717, 1.165) is 0 Å². The van der Waals surface area contributed by atoms with Crippen molar-refractivity contribution in [3.05, 3.63) is 35.8 Å². The highest BCUT2D eigenvalue weighted by molar-refractivity contribution is 7.86. The van der Waals surface area contributed by atoms with Crippen LogP contribution < -0.4 is 16.0 Å². The van der Waals surface area contributed by atoms with Crippen molar-refractivity contribution in [3.8, 4) is 0 Å². The predicted molar refractivity (Wildman–Crippen MR) is 116 cm³/mol. The van der Waals surface area contributed by atoms with Gasteiger partial charge in [0.05, 0.1) is 15.6 Å². The molecular weight excluding hydrogens is 454 g/mol. The van der Waals surface area contributed by atoms with Crippen LogP contribution in [0.4, 0.5) is 4.79 Å². The first-order chi connectivity index (χ1) is 18.3. The zero-order valence-corrected chi connectivity index (χ0v) is 18.7. The maximum atomic E-state index is 13.1. The monoisotopic (exact) mass is 491 g/mol. The van der Waals surface area contributed by atoms with E-state index in [1.54, 1.807) is 13.8 Å². The van der Waals surface area contributed by atoms with Gasteiger partial charge in [-0.05, 0) is 30.7 Å². The summed E-state index contributed by atoms with van der Waals surface area (Å²) in [7, 11) is -5.33. The van der Waals surface area contributed by atoms with Crippen molar-refractivity contribution in [3.63, 3.8) is 0 Å². The Hall–Kier alpha value is -2.70. The largest absolute Gasteiger partial charge is 0.746 e. The molecule has 12 heteroatoms. The second-order valence-electron chi connectivity index (χ2n) is 7.83. The van der Waals surface area contributed by atoms with Crippen LogP contribution in [0.15, 0.2) is 30.2 Å². The SMILES string of the molecule is [2H]c1c([2H])c([2H])c(C([2H])([2H])OC(=O)N[C@@H](CC(C)C)C(=O)N[C@@H](C[C@@H]2CCNC2=O)C(O)S(=O)(=O)[O-])c([2H])c1[2H]. The number of amides is 3. The van der Waals surface area contributed by atoms with Gasteiger partial charge in [-0.15, -0.1) is 0 Å². The van der Waals surface area contributed by atoms with Gasteiger partial charge in [0.15, 0.2) is 5.44 Å². The number of rotatable bonds is 11. The zero-order valence-electron chi connectivity index (χ0n) is 24.9. The van der Waals surface area contributed by atoms with Crippen LogP contribution in [-0.2, 0) is 31.0 Å². The lowest BCUT2D eigenvalue weighted by molar-refractivity contribution is -0.126. The zero-order chi connectivity index (χ0) is 30.7. The van der Waals surface area contributed by atoms with E-state index in [1.807, 2.05) is 0 Å². The van der Waals surface area contributed by atoms with E-state index < -0.39 is 100 Å². The number of aliphatic hydroxyl groups is 1. The highest BCUT2D eigenvalue weighted by atomic mass is 32.2. The minimum absolute atomic E-state index is 0.116. The first-order valence-corrected chi connectivity index (χ1v) is 11.5. The molecule has 4 N–H and O–H groups in total. The first-order valence-electron chi connectivity index (χ1n) is 13.6. The summed E-state index contributed by atoms with van der Waals surface area (Å²) >= 11 is 0. The van der Waals surface area contributed by atoms with Gasteiger partial charge < -0.3 is 30.3 Å². The van der Waals surface area contributed by atoms with Gasteiger partial charge in [0.2, 0.25) is 11.8 Å². The molecule has 1 aliphatic rings. The molecule has 0 bridgehead atoms. The Morgan fingerprint density at radius 3 is 2.55 bits per heavy atom. The number of nitrogens with one attached hydrogen (secondary N) is 3. The third kappa shape index (κ3) is 8.63. The van der Waals surface area contributed by atoms with Gasteiger partial charge in [0.1, 0.15) is 22.7 Å². The second-order valence-corrected chi connectivity index (χ2v) is 9.30. The van der Waals surface area contributed by atoms with Crippen molar-refractivity contribution in [2.45, 2.75) is 57.2 Å². The Kier molecular flexibility index (Phi) is 6.43. The van der Waals surface area contributed by atoms with Gasteiger partial charge in [-0.2, -0.15) is 0 Å². The third-order valence-corrected chi connectivity index (χ3v) is 5.65. The molecule has 0 saturated carbocycles. The minimum Gasteiger partial charge on any atom is -0.746 e. The molecule has 0 radical (unpaired) electrons. The molecule has 3 amide bonds. The van der Waals surface area contributed by atoms with Gasteiger partial charge in [-0.1, -0.05) is 44.1 Å². The molecule has 4 atom stereocenters. The van der Waals surface area contributed by atoms with E-state index in [0.29, 0.717) is 0 Å². The third-order valence-electron chi connectivity index (χ3n) is 4.73. The molecule has 1 saturated heterocycles. The lowest BCUT2D eigenvalue weighted by Gasteiger charge is -2.29. The van der Waals surface area contributed by atoms with Crippen molar-refractivity contribution in [2.75, 3.05) is 6.54 Å². The fourth-order valence-corrected chi connectivity index (χ4v) is 3.76. The van der Waals surface area contributed by atoms with Crippen LogP contribution in [0.5, 0.6) is 0 Å². The summed E-state index contributed by atoms with van der Waals surface area (Å²) in [4.78, 5) is 37.6. The molecule has 184 valence electrons. The van der Waals surface area contributed by atoms with E-state index in [2.05, 4.69) is 16.0 Å². The number of alkyl carbamates (subject to hydrolysis) is 1. The Bertz CT molecular complexity index is 1240. The lowest BCUT2D eigenvalue weighted by Crippen LogP contribution is -2.55. The maximum Gasteiger partial charge on any atom is 0.408 e. The number of hydrogen-bond acceptors (Lipinski definition) is 8. The summed E-state index contributed by atoms with van der Waals surface area (Å²) < 4.78 is 94.1. The highest BCUT2D eigenvalue weighted by Gasteiger charge is 2.35. The summed E-state index contributed by atoms with van der Waals surface area (Å²) in [5.41, 5.74) is -3.58. The number of hydrogen-bond donors (Lipinski definition) is 4. The van der Waals surface area contributed by atoms with Gasteiger partial charge >= 0.3 is 6.09 Å². The molecule has 1 aromatic carbocycles. The van der Waals surface area contributed by atoms with Crippen molar-refractivity contribution < 1.29 is 46.8 Å². The molecule has 1 fully saturated rings. The van der Waals surface area contributed by atoms with Crippen molar-refractivity contribution in [1.82, 2.24) is 16.0 Å². The number of carbonyl (C=O) groups excluding carboxylic acids is 3. The van der Waals surface area contributed by atoms with Crippen molar-refractivity contribution in [2.24, 2.45) is 11.8 Å². The maximum absolute atomic E-state index is 13.1. The quantitative estimate of drug-likeness (QED) is 0.318. The number of benzene rings is 1. The first kappa shape index (κ1) is 17.7. The van der Waals surface area contributed by atoms with Gasteiger partial charge in [-0.3, -0.25) is 9.59 Å². The summed E-state index contributed by atoms with van der Waals surface area (Å²) in [6.45, 7) is 0.318. The summed E-state index contributed by atoms with van der Waals surface area (Å²) in [6.07, 6.45) is -1.84. The Balaban J connectivity index is 2.28. The topological polar surface area (TPSA) is 174 Å². The van der Waals surface area contributed by atoms with E-state index in [9.17, 15) is 32.5 Å².